The van der Waals surface area contributed by atoms with Gasteiger partial charge in [-0.2, -0.15) is 0 Å². The molecule has 1 aromatic heterocycles. The number of rotatable bonds is 2. The molecule has 5 heteroatoms. The van der Waals surface area contributed by atoms with Crippen LogP contribution in [0.3, 0.4) is 0 Å². The Kier molecular flexibility index (Phi) is 3.89. The number of hydrogen-bond acceptors (Lipinski definition) is 3. The number of hydrogen-bond donors (Lipinski definition) is 0. The predicted molar refractivity (Wildman–Crippen MR) is 78.1 cm³/mol. The topological polar surface area (TPSA) is 68.4 Å². The van der Waals surface area contributed by atoms with Gasteiger partial charge in [0.05, 0.1) is 5.56 Å². The highest BCUT2D eigenvalue weighted by molar-refractivity contribution is 5.99. The van der Waals surface area contributed by atoms with Crippen LogP contribution in [0.2, 0.25) is 0 Å². The molecule has 0 aliphatic heterocycles. The standard InChI is InChI=1S/C15H15N3O2/c1-10-8-11(2)14(12(3)9-10)15(17-19)18(20)13-6-4-5-7-16-13/h4-9H,1-3H3/b18-15+. The molecule has 0 amide bonds. The summed E-state index contributed by atoms with van der Waals surface area (Å²) in [6.45, 7) is 5.67. The van der Waals surface area contributed by atoms with Crippen molar-refractivity contribution in [3.8, 4) is 0 Å². The highest BCUT2D eigenvalue weighted by atomic mass is 16.5. The molecule has 1 heterocycles. The molecule has 0 aliphatic rings. The molecular weight excluding hydrogens is 254 g/mol. The third-order valence-electron chi connectivity index (χ3n) is 3.04. The Balaban J connectivity index is 2.68. The Labute approximate surface area is 117 Å². The first-order chi connectivity index (χ1) is 9.54. The molecular formula is C15H15N3O2. The van der Waals surface area contributed by atoms with Gasteiger partial charge in [0.25, 0.3) is 5.82 Å². The number of pyridine rings is 1. The van der Waals surface area contributed by atoms with E-state index in [0.717, 1.165) is 16.7 Å². The second kappa shape index (κ2) is 5.61. The van der Waals surface area contributed by atoms with Gasteiger partial charge < -0.3 is 5.21 Å². The van der Waals surface area contributed by atoms with E-state index in [-0.39, 0.29) is 11.7 Å². The number of benzene rings is 1. The molecule has 0 bridgehead atoms. The number of aromatic nitrogens is 1. The lowest BCUT2D eigenvalue weighted by Crippen LogP contribution is -2.14. The van der Waals surface area contributed by atoms with Crippen LogP contribution in [-0.4, -0.2) is 15.6 Å². The maximum atomic E-state index is 12.3. The van der Waals surface area contributed by atoms with E-state index < -0.39 is 0 Å². The average Bonchev–Trinajstić information content (AvgIpc) is 2.43. The fraction of sp³-hybridized carbons (Fsp3) is 0.200. The second-order valence-corrected chi connectivity index (χ2v) is 4.67. The fourth-order valence-corrected chi connectivity index (χ4v) is 2.30. The number of amidine groups is 1. The summed E-state index contributed by atoms with van der Waals surface area (Å²) in [6.07, 6.45) is 1.50. The summed E-state index contributed by atoms with van der Waals surface area (Å²) in [7, 11) is 0. The lowest BCUT2D eigenvalue weighted by atomic mass is 9.99. The van der Waals surface area contributed by atoms with Crippen LogP contribution in [0.25, 0.3) is 0 Å². The first kappa shape index (κ1) is 13.9. The van der Waals surface area contributed by atoms with Crippen molar-refractivity contribution in [2.45, 2.75) is 20.8 Å². The van der Waals surface area contributed by atoms with Crippen molar-refractivity contribution >= 4 is 11.7 Å². The van der Waals surface area contributed by atoms with Crippen molar-refractivity contribution < 1.29 is 4.74 Å². The molecule has 0 spiro atoms. The minimum atomic E-state index is -0.168. The molecule has 0 N–H and O–H groups in total. The Morgan fingerprint density at radius 2 is 1.85 bits per heavy atom. The van der Waals surface area contributed by atoms with E-state index in [1.54, 1.807) is 12.1 Å². The third kappa shape index (κ3) is 2.56. The minimum Gasteiger partial charge on any atom is -0.740 e. The van der Waals surface area contributed by atoms with Gasteiger partial charge in [-0.1, -0.05) is 28.7 Å². The predicted octanol–water partition coefficient (Wildman–Crippen LogP) is 3.36. The van der Waals surface area contributed by atoms with Crippen LogP contribution in [0.5, 0.6) is 0 Å². The zero-order valence-corrected chi connectivity index (χ0v) is 11.6. The number of aryl methyl sites for hydroxylation is 3. The lowest BCUT2D eigenvalue weighted by Gasteiger charge is -2.13. The van der Waals surface area contributed by atoms with E-state index in [0.29, 0.717) is 10.3 Å². The minimum absolute atomic E-state index is 0.140. The van der Waals surface area contributed by atoms with E-state index in [1.807, 2.05) is 32.9 Å². The zero-order chi connectivity index (χ0) is 14.7. The van der Waals surface area contributed by atoms with Crippen molar-refractivity contribution in [1.82, 2.24) is 4.98 Å². The normalized spacial score (nSPS) is 11.9. The Morgan fingerprint density at radius 3 is 2.35 bits per heavy atom. The van der Waals surface area contributed by atoms with E-state index in [4.69, 9.17) is 0 Å². The highest BCUT2D eigenvalue weighted by Crippen LogP contribution is 2.19. The summed E-state index contributed by atoms with van der Waals surface area (Å²) in [5, 5.41) is 15.2. The van der Waals surface area contributed by atoms with Gasteiger partial charge in [0.2, 0.25) is 0 Å². The SMILES string of the molecule is Cc1cc(C)c(/C(N=O)=[N+](\[O-])c2ccccn2)c(C)c1. The second-order valence-electron chi connectivity index (χ2n) is 4.67. The summed E-state index contributed by atoms with van der Waals surface area (Å²) in [5.74, 6) is -0.0276. The van der Waals surface area contributed by atoms with E-state index in [1.165, 1.54) is 12.3 Å². The van der Waals surface area contributed by atoms with Crippen molar-refractivity contribution in [3.63, 3.8) is 0 Å². The van der Waals surface area contributed by atoms with Crippen molar-refractivity contribution in [3.05, 3.63) is 68.9 Å². The molecule has 5 nitrogen and oxygen atoms in total. The lowest BCUT2D eigenvalue weighted by molar-refractivity contribution is -0.366. The van der Waals surface area contributed by atoms with Gasteiger partial charge in [0.1, 0.15) is 11.4 Å². The molecule has 102 valence electrons. The highest BCUT2D eigenvalue weighted by Gasteiger charge is 2.19. The summed E-state index contributed by atoms with van der Waals surface area (Å²) in [4.78, 5) is 15.1. The van der Waals surface area contributed by atoms with Crippen LogP contribution in [0, 0.1) is 30.9 Å². The summed E-state index contributed by atoms with van der Waals surface area (Å²) in [5.41, 5.74) is 3.32. The number of nitrogens with zero attached hydrogens (tertiary/aromatic N) is 3. The number of nitroso groups, excluding NO2 is 1. The van der Waals surface area contributed by atoms with E-state index in [2.05, 4.69) is 10.2 Å². The monoisotopic (exact) mass is 269 g/mol. The van der Waals surface area contributed by atoms with Crippen LogP contribution < -0.4 is 0 Å². The smallest absolute Gasteiger partial charge is 0.319 e. The molecule has 0 saturated carbocycles. The molecule has 0 aliphatic carbocycles. The van der Waals surface area contributed by atoms with E-state index in [9.17, 15) is 10.1 Å². The van der Waals surface area contributed by atoms with Crippen LogP contribution in [0.15, 0.2) is 41.7 Å². The first-order valence-corrected chi connectivity index (χ1v) is 6.21. The summed E-state index contributed by atoms with van der Waals surface area (Å²) >= 11 is 0. The van der Waals surface area contributed by atoms with Crippen molar-refractivity contribution in [2.24, 2.45) is 5.18 Å². The third-order valence-corrected chi connectivity index (χ3v) is 3.04. The molecule has 20 heavy (non-hydrogen) atoms. The van der Waals surface area contributed by atoms with Gasteiger partial charge in [-0.25, -0.2) is 4.74 Å². The quantitative estimate of drug-likeness (QED) is 0.210. The maximum Gasteiger partial charge on any atom is 0.319 e. The molecule has 0 fully saturated rings. The van der Waals surface area contributed by atoms with Crippen LogP contribution >= 0.6 is 0 Å². The van der Waals surface area contributed by atoms with Gasteiger partial charge in [-0.3, -0.25) is 0 Å². The average molecular weight is 269 g/mol. The van der Waals surface area contributed by atoms with Crippen molar-refractivity contribution in [2.75, 3.05) is 0 Å². The van der Waals surface area contributed by atoms with Gasteiger partial charge in [0, 0.05) is 6.07 Å². The zero-order valence-electron chi connectivity index (χ0n) is 11.6. The van der Waals surface area contributed by atoms with Gasteiger partial charge in [0.15, 0.2) is 0 Å². The van der Waals surface area contributed by atoms with Crippen LogP contribution in [0.1, 0.15) is 22.3 Å². The first-order valence-electron chi connectivity index (χ1n) is 6.21. The van der Waals surface area contributed by atoms with Crippen molar-refractivity contribution in [1.29, 1.82) is 0 Å². The van der Waals surface area contributed by atoms with Crippen LogP contribution in [0.4, 0.5) is 5.82 Å². The molecule has 2 rings (SSSR count). The largest absolute Gasteiger partial charge is 0.740 e. The fourth-order valence-electron chi connectivity index (χ4n) is 2.30. The molecule has 0 unspecified atom stereocenters. The molecule has 0 saturated heterocycles. The Hall–Kier alpha value is -2.56. The van der Waals surface area contributed by atoms with E-state index >= 15 is 0 Å². The molecule has 1 aromatic carbocycles. The Morgan fingerprint density at radius 1 is 1.20 bits per heavy atom. The molecule has 0 radical (unpaired) electrons. The van der Waals surface area contributed by atoms with Gasteiger partial charge in [-0.05, 0) is 38.0 Å². The summed E-state index contributed by atoms with van der Waals surface area (Å²) < 4.78 is 0.470. The maximum absolute atomic E-state index is 12.3. The summed E-state index contributed by atoms with van der Waals surface area (Å²) in [6, 6.07) is 8.76. The van der Waals surface area contributed by atoms with Gasteiger partial charge >= 0.3 is 5.84 Å². The molecule has 0 atom stereocenters. The van der Waals surface area contributed by atoms with Gasteiger partial charge in [-0.15, -0.1) is 4.98 Å². The Bertz CT molecular complexity index is 656. The molecule has 2 aromatic rings. The van der Waals surface area contributed by atoms with Crippen LogP contribution in [-0.2, 0) is 0 Å².